The summed E-state index contributed by atoms with van der Waals surface area (Å²) in [6.07, 6.45) is 3.67. The number of nitrogens with zero attached hydrogens (tertiary/aromatic N) is 1. The second-order valence-corrected chi connectivity index (χ2v) is 5.47. The van der Waals surface area contributed by atoms with E-state index in [0.717, 1.165) is 30.8 Å². The van der Waals surface area contributed by atoms with E-state index in [0.29, 0.717) is 6.42 Å². The van der Waals surface area contributed by atoms with Crippen molar-refractivity contribution in [3.8, 4) is 0 Å². The van der Waals surface area contributed by atoms with E-state index in [1.165, 1.54) is 5.57 Å². The first-order chi connectivity index (χ1) is 9.58. The molecular weight excluding hydrogens is 250 g/mol. The molecule has 0 saturated carbocycles. The van der Waals surface area contributed by atoms with Crippen LogP contribution in [0.15, 0.2) is 41.8 Å². The van der Waals surface area contributed by atoms with Gasteiger partial charge in [0.1, 0.15) is 5.78 Å². The summed E-state index contributed by atoms with van der Waals surface area (Å²) in [5.74, 6) is 1.16. The first kappa shape index (κ1) is 14.6. The van der Waals surface area contributed by atoms with Gasteiger partial charge in [-0.2, -0.15) is 0 Å². The van der Waals surface area contributed by atoms with E-state index >= 15 is 0 Å². The summed E-state index contributed by atoms with van der Waals surface area (Å²) in [6, 6.07) is 10.2. The lowest BCUT2D eigenvalue weighted by Crippen LogP contribution is -2.27. The van der Waals surface area contributed by atoms with Crippen LogP contribution in [0.1, 0.15) is 39.5 Å². The van der Waals surface area contributed by atoms with Crippen molar-refractivity contribution in [2.75, 3.05) is 11.9 Å². The molecular formula is C17H23NO2. The molecule has 3 nitrogen and oxygen atoms in total. The van der Waals surface area contributed by atoms with Crippen LogP contribution < -0.4 is 4.90 Å². The summed E-state index contributed by atoms with van der Waals surface area (Å²) in [7, 11) is 2.02. The molecule has 3 heteroatoms. The normalized spacial score (nSPS) is 18.6. The average molecular weight is 273 g/mol. The zero-order chi connectivity index (χ0) is 14.5. The molecule has 1 aliphatic rings. The van der Waals surface area contributed by atoms with Gasteiger partial charge in [-0.05, 0) is 50.8 Å². The molecule has 0 amide bonds. The highest BCUT2D eigenvalue weighted by Gasteiger charge is 2.22. The lowest BCUT2D eigenvalue weighted by molar-refractivity contribution is -0.117. The smallest absolute Gasteiger partial charge is 0.192 e. The molecule has 1 aromatic carbocycles. The Morgan fingerprint density at radius 2 is 2.05 bits per heavy atom. The molecule has 108 valence electrons. The fraction of sp³-hybridized carbons (Fsp3) is 0.471. The third-order valence-electron chi connectivity index (χ3n) is 3.69. The molecule has 0 aliphatic carbocycles. The van der Waals surface area contributed by atoms with E-state index in [1.54, 1.807) is 6.92 Å². The van der Waals surface area contributed by atoms with Crippen LogP contribution in [0, 0.1) is 0 Å². The number of para-hydroxylation sites is 1. The van der Waals surface area contributed by atoms with Gasteiger partial charge in [-0.15, -0.1) is 0 Å². The Kier molecular flexibility index (Phi) is 4.83. The zero-order valence-corrected chi connectivity index (χ0v) is 12.6. The molecule has 0 saturated heterocycles. The number of anilines is 1. The molecule has 0 spiro atoms. The summed E-state index contributed by atoms with van der Waals surface area (Å²) < 4.78 is 6.04. The maximum Gasteiger partial charge on any atom is 0.192 e. The van der Waals surface area contributed by atoms with Crippen LogP contribution in [0.4, 0.5) is 5.69 Å². The van der Waals surface area contributed by atoms with E-state index in [2.05, 4.69) is 24.0 Å². The van der Waals surface area contributed by atoms with Gasteiger partial charge in [-0.25, -0.2) is 0 Å². The van der Waals surface area contributed by atoms with Crippen molar-refractivity contribution in [3.05, 3.63) is 41.8 Å². The Hall–Kier alpha value is -1.77. The van der Waals surface area contributed by atoms with Crippen LogP contribution in [0.3, 0.4) is 0 Å². The topological polar surface area (TPSA) is 29.5 Å². The van der Waals surface area contributed by atoms with Gasteiger partial charge >= 0.3 is 0 Å². The third-order valence-corrected chi connectivity index (χ3v) is 3.69. The van der Waals surface area contributed by atoms with Crippen LogP contribution in [0.25, 0.3) is 0 Å². The van der Waals surface area contributed by atoms with Crippen LogP contribution in [0.5, 0.6) is 0 Å². The minimum Gasteiger partial charge on any atom is -0.476 e. The lowest BCUT2D eigenvalue weighted by Gasteiger charge is -2.32. The van der Waals surface area contributed by atoms with Crippen molar-refractivity contribution in [1.29, 1.82) is 0 Å². The van der Waals surface area contributed by atoms with Gasteiger partial charge in [0.15, 0.2) is 5.88 Å². The minimum atomic E-state index is 0.234. The Morgan fingerprint density at radius 3 is 2.70 bits per heavy atom. The number of rotatable bonds is 5. The first-order valence-electron chi connectivity index (χ1n) is 7.25. The Balaban J connectivity index is 2.23. The molecule has 0 aromatic heterocycles. The van der Waals surface area contributed by atoms with Crippen LogP contribution in [-0.2, 0) is 9.53 Å². The van der Waals surface area contributed by atoms with E-state index < -0.39 is 0 Å². The van der Waals surface area contributed by atoms with Crippen molar-refractivity contribution in [2.45, 2.75) is 45.6 Å². The summed E-state index contributed by atoms with van der Waals surface area (Å²) in [6.45, 7) is 3.74. The number of Topliss-reactive ketones (excluding diaryl/α,β-unsaturated/α-hetero) is 1. The summed E-state index contributed by atoms with van der Waals surface area (Å²) in [5.41, 5.74) is 2.36. The van der Waals surface area contributed by atoms with Crippen molar-refractivity contribution >= 4 is 11.5 Å². The van der Waals surface area contributed by atoms with Gasteiger partial charge < -0.3 is 14.4 Å². The molecule has 1 unspecified atom stereocenters. The van der Waals surface area contributed by atoms with E-state index in [4.69, 9.17) is 4.74 Å². The number of carbonyl (C=O) groups excluding carboxylic acids is 1. The van der Waals surface area contributed by atoms with Gasteiger partial charge in [0.05, 0.1) is 6.10 Å². The van der Waals surface area contributed by atoms with Crippen LogP contribution in [-0.4, -0.2) is 18.9 Å². The highest BCUT2D eigenvalue weighted by atomic mass is 16.5. The van der Waals surface area contributed by atoms with Gasteiger partial charge in [0, 0.05) is 19.2 Å². The molecule has 0 bridgehead atoms. The molecule has 1 aromatic rings. The number of hydrogen-bond acceptors (Lipinski definition) is 3. The van der Waals surface area contributed by atoms with Gasteiger partial charge in [0.25, 0.3) is 0 Å². The summed E-state index contributed by atoms with van der Waals surface area (Å²) in [5, 5.41) is 0. The monoisotopic (exact) mass is 273 g/mol. The molecule has 0 fully saturated rings. The summed E-state index contributed by atoms with van der Waals surface area (Å²) in [4.78, 5) is 13.3. The molecule has 0 radical (unpaired) electrons. The van der Waals surface area contributed by atoms with Crippen molar-refractivity contribution < 1.29 is 9.53 Å². The quantitative estimate of drug-likeness (QED) is 0.814. The number of carbonyl (C=O) groups is 1. The standard InChI is InChI=1S/C17H23NO2/c1-13(19)9-11-15-12-10-14(2)20-17(15)18(3)16-7-5-4-6-8-16/h4-8,14H,9-12H2,1-3H3. The fourth-order valence-corrected chi connectivity index (χ4v) is 2.46. The average Bonchev–Trinajstić information content (AvgIpc) is 2.46. The number of ether oxygens (including phenoxy) is 1. The predicted octanol–water partition coefficient (Wildman–Crippen LogP) is 3.90. The maximum atomic E-state index is 11.2. The van der Waals surface area contributed by atoms with Gasteiger partial charge in [-0.1, -0.05) is 18.2 Å². The Labute approximate surface area is 121 Å². The van der Waals surface area contributed by atoms with Crippen molar-refractivity contribution in [2.24, 2.45) is 0 Å². The number of benzene rings is 1. The van der Waals surface area contributed by atoms with E-state index in [-0.39, 0.29) is 11.9 Å². The highest BCUT2D eigenvalue weighted by Crippen LogP contribution is 2.31. The SMILES string of the molecule is CC(=O)CCC1=C(N(C)c2ccccc2)OC(C)CC1. The van der Waals surface area contributed by atoms with Crippen molar-refractivity contribution in [1.82, 2.24) is 0 Å². The van der Waals surface area contributed by atoms with E-state index in [9.17, 15) is 4.79 Å². The van der Waals surface area contributed by atoms with Crippen molar-refractivity contribution in [3.63, 3.8) is 0 Å². The Bertz CT molecular complexity index is 493. The molecule has 20 heavy (non-hydrogen) atoms. The van der Waals surface area contributed by atoms with Crippen LogP contribution in [0.2, 0.25) is 0 Å². The second-order valence-electron chi connectivity index (χ2n) is 5.47. The summed E-state index contributed by atoms with van der Waals surface area (Å²) >= 11 is 0. The molecule has 1 heterocycles. The lowest BCUT2D eigenvalue weighted by atomic mass is 9.99. The molecule has 1 atom stereocenters. The Morgan fingerprint density at radius 1 is 1.35 bits per heavy atom. The minimum absolute atomic E-state index is 0.234. The number of allylic oxidation sites excluding steroid dienone is 1. The van der Waals surface area contributed by atoms with E-state index in [1.807, 2.05) is 25.2 Å². The highest BCUT2D eigenvalue weighted by molar-refractivity contribution is 5.75. The predicted molar refractivity (Wildman–Crippen MR) is 81.6 cm³/mol. The van der Waals surface area contributed by atoms with Gasteiger partial charge in [-0.3, -0.25) is 0 Å². The molecule has 0 N–H and O–H groups in total. The molecule has 1 aliphatic heterocycles. The fourth-order valence-electron chi connectivity index (χ4n) is 2.46. The third kappa shape index (κ3) is 3.62. The first-order valence-corrected chi connectivity index (χ1v) is 7.25. The number of ketones is 1. The zero-order valence-electron chi connectivity index (χ0n) is 12.6. The largest absolute Gasteiger partial charge is 0.476 e. The maximum absolute atomic E-state index is 11.2. The molecule has 2 rings (SSSR count). The van der Waals surface area contributed by atoms with Crippen LogP contribution >= 0.6 is 0 Å². The second kappa shape index (κ2) is 6.60. The van der Waals surface area contributed by atoms with Gasteiger partial charge in [0.2, 0.25) is 0 Å². The number of hydrogen-bond donors (Lipinski definition) is 0.